The Balaban J connectivity index is 2.80. The topological polar surface area (TPSA) is 66.0 Å². The van der Waals surface area contributed by atoms with Crippen molar-refractivity contribution in [1.82, 2.24) is 9.97 Å². The lowest BCUT2D eigenvalue weighted by atomic mass is 10.1. The van der Waals surface area contributed by atoms with Crippen LogP contribution in [-0.2, 0) is 0 Å². The van der Waals surface area contributed by atoms with Gasteiger partial charge in [0.15, 0.2) is 0 Å². The van der Waals surface area contributed by atoms with E-state index in [1.54, 1.807) is 0 Å². The van der Waals surface area contributed by atoms with Crippen LogP contribution in [0.4, 0.5) is 8.78 Å². The van der Waals surface area contributed by atoms with E-state index in [1.165, 1.54) is 18.5 Å². The van der Waals surface area contributed by atoms with E-state index >= 15 is 0 Å². The maximum absolute atomic E-state index is 12.5. The zero-order chi connectivity index (χ0) is 11.0. The second-order valence-electron chi connectivity index (χ2n) is 2.94. The van der Waals surface area contributed by atoms with E-state index in [1.807, 2.05) is 0 Å². The van der Waals surface area contributed by atoms with Crippen molar-refractivity contribution in [3.63, 3.8) is 0 Å². The SMILES string of the molecule is O=C(O)c1c(C(F)F)[nH]c2cnccc12. The van der Waals surface area contributed by atoms with E-state index in [0.29, 0.717) is 5.52 Å². The number of halogens is 2. The van der Waals surface area contributed by atoms with E-state index in [0.717, 1.165) is 0 Å². The highest BCUT2D eigenvalue weighted by atomic mass is 19.3. The molecule has 78 valence electrons. The van der Waals surface area contributed by atoms with Crippen LogP contribution in [0.3, 0.4) is 0 Å². The molecule has 0 atom stereocenters. The van der Waals surface area contributed by atoms with Crippen LogP contribution in [0, 0.1) is 0 Å². The number of hydrogen-bond donors (Lipinski definition) is 2. The number of aromatic carboxylic acids is 1. The summed E-state index contributed by atoms with van der Waals surface area (Å²) in [6, 6.07) is 1.39. The number of nitrogens with one attached hydrogen (secondary N) is 1. The number of H-pyrrole nitrogens is 1. The maximum Gasteiger partial charge on any atom is 0.338 e. The van der Waals surface area contributed by atoms with E-state index in [2.05, 4.69) is 9.97 Å². The second-order valence-corrected chi connectivity index (χ2v) is 2.94. The number of pyridine rings is 1. The average molecular weight is 212 g/mol. The van der Waals surface area contributed by atoms with Gasteiger partial charge in [0, 0.05) is 11.6 Å². The molecule has 0 saturated carbocycles. The quantitative estimate of drug-likeness (QED) is 0.801. The lowest BCUT2D eigenvalue weighted by molar-refractivity contribution is 0.0686. The van der Waals surface area contributed by atoms with Gasteiger partial charge in [0.05, 0.1) is 23.0 Å². The van der Waals surface area contributed by atoms with Crippen LogP contribution >= 0.6 is 0 Å². The van der Waals surface area contributed by atoms with E-state index in [-0.39, 0.29) is 10.9 Å². The fraction of sp³-hybridized carbons (Fsp3) is 0.111. The molecule has 2 aromatic rings. The third kappa shape index (κ3) is 1.43. The first kappa shape index (κ1) is 9.57. The first-order chi connectivity index (χ1) is 7.11. The van der Waals surface area contributed by atoms with Crippen molar-refractivity contribution in [3.05, 3.63) is 29.7 Å². The van der Waals surface area contributed by atoms with Gasteiger partial charge in [-0.2, -0.15) is 0 Å². The normalized spacial score (nSPS) is 11.1. The Morgan fingerprint density at radius 2 is 2.27 bits per heavy atom. The molecular weight excluding hydrogens is 206 g/mol. The van der Waals surface area contributed by atoms with Gasteiger partial charge in [-0.1, -0.05) is 0 Å². The van der Waals surface area contributed by atoms with Crippen molar-refractivity contribution in [3.8, 4) is 0 Å². The molecule has 2 rings (SSSR count). The minimum absolute atomic E-state index is 0.243. The third-order valence-corrected chi connectivity index (χ3v) is 2.06. The molecule has 2 heterocycles. The highest BCUT2D eigenvalue weighted by Gasteiger charge is 2.23. The predicted molar refractivity (Wildman–Crippen MR) is 48.0 cm³/mol. The molecule has 0 aromatic carbocycles. The van der Waals surface area contributed by atoms with E-state index in [9.17, 15) is 13.6 Å². The van der Waals surface area contributed by atoms with Crippen molar-refractivity contribution in [2.45, 2.75) is 6.43 Å². The number of carbonyl (C=O) groups is 1. The molecule has 0 spiro atoms. The van der Waals surface area contributed by atoms with Crippen LogP contribution in [0.5, 0.6) is 0 Å². The second kappa shape index (κ2) is 3.30. The van der Waals surface area contributed by atoms with Gasteiger partial charge in [-0.15, -0.1) is 0 Å². The lowest BCUT2D eigenvalue weighted by Crippen LogP contribution is -2.00. The Labute approximate surface area is 82.6 Å². The van der Waals surface area contributed by atoms with Crippen LogP contribution in [0.25, 0.3) is 10.9 Å². The standard InChI is InChI=1S/C9H6F2N2O2/c10-8(11)7-6(9(14)15)4-1-2-12-3-5(4)13-7/h1-3,8,13H,(H,14,15). The summed E-state index contributed by atoms with van der Waals surface area (Å²) in [7, 11) is 0. The predicted octanol–water partition coefficient (Wildman–Crippen LogP) is 2.20. The molecule has 0 fully saturated rings. The first-order valence-corrected chi connectivity index (χ1v) is 4.08. The molecule has 2 aromatic heterocycles. The van der Waals surface area contributed by atoms with Crippen molar-refractivity contribution < 1.29 is 18.7 Å². The molecule has 0 aliphatic heterocycles. The molecule has 4 nitrogen and oxygen atoms in total. The summed E-state index contributed by atoms with van der Waals surface area (Å²) in [5.74, 6) is -1.37. The Morgan fingerprint density at radius 3 is 2.87 bits per heavy atom. The summed E-state index contributed by atoms with van der Waals surface area (Å²) in [5, 5.41) is 9.07. The van der Waals surface area contributed by atoms with Gasteiger partial charge in [-0.3, -0.25) is 4.98 Å². The molecule has 0 aliphatic carbocycles. The van der Waals surface area contributed by atoms with Crippen molar-refractivity contribution >= 4 is 16.9 Å². The Hall–Kier alpha value is -1.98. The van der Waals surface area contributed by atoms with Crippen molar-refractivity contribution in [2.24, 2.45) is 0 Å². The van der Waals surface area contributed by atoms with Gasteiger partial charge in [-0.05, 0) is 6.07 Å². The van der Waals surface area contributed by atoms with Crippen LogP contribution in [-0.4, -0.2) is 21.0 Å². The van der Waals surface area contributed by atoms with Gasteiger partial charge < -0.3 is 10.1 Å². The number of hydrogen-bond acceptors (Lipinski definition) is 2. The van der Waals surface area contributed by atoms with Crippen LogP contribution in [0.15, 0.2) is 18.5 Å². The third-order valence-electron chi connectivity index (χ3n) is 2.06. The van der Waals surface area contributed by atoms with Gasteiger partial charge in [0.1, 0.15) is 0 Å². The fourth-order valence-corrected chi connectivity index (χ4v) is 1.46. The summed E-state index contributed by atoms with van der Waals surface area (Å²) in [6.45, 7) is 0. The van der Waals surface area contributed by atoms with Gasteiger partial charge in [-0.25, -0.2) is 13.6 Å². The lowest BCUT2D eigenvalue weighted by Gasteiger charge is -1.97. The van der Waals surface area contributed by atoms with E-state index < -0.39 is 18.1 Å². The summed E-state index contributed by atoms with van der Waals surface area (Å²) < 4.78 is 25.0. The van der Waals surface area contributed by atoms with Crippen molar-refractivity contribution in [2.75, 3.05) is 0 Å². The van der Waals surface area contributed by atoms with Gasteiger partial charge >= 0.3 is 5.97 Å². The highest BCUT2D eigenvalue weighted by molar-refractivity contribution is 6.04. The molecule has 15 heavy (non-hydrogen) atoms. The number of alkyl halides is 2. The van der Waals surface area contributed by atoms with Crippen molar-refractivity contribution in [1.29, 1.82) is 0 Å². The highest BCUT2D eigenvalue weighted by Crippen LogP contribution is 2.28. The number of fused-ring (bicyclic) bond motifs is 1. The Morgan fingerprint density at radius 1 is 1.53 bits per heavy atom. The number of rotatable bonds is 2. The summed E-state index contributed by atoms with van der Waals surface area (Å²) in [4.78, 5) is 16.9. The van der Waals surface area contributed by atoms with Gasteiger partial charge in [0.2, 0.25) is 0 Å². The smallest absolute Gasteiger partial charge is 0.338 e. The summed E-state index contributed by atoms with van der Waals surface area (Å²) in [6.07, 6.45) is -0.172. The minimum Gasteiger partial charge on any atom is -0.478 e. The minimum atomic E-state index is -2.84. The first-order valence-electron chi connectivity index (χ1n) is 4.08. The molecule has 0 aliphatic rings. The molecular formula is C9H6F2N2O2. The van der Waals surface area contributed by atoms with Gasteiger partial charge in [0.25, 0.3) is 6.43 Å². The molecule has 0 bridgehead atoms. The number of nitrogens with zero attached hydrogens (tertiary/aromatic N) is 1. The summed E-state index contributed by atoms with van der Waals surface area (Å²) in [5.41, 5.74) is -0.668. The molecule has 2 N–H and O–H groups in total. The molecule has 0 unspecified atom stereocenters. The largest absolute Gasteiger partial charge is 0.478 e. The zero-order valence-corrected chi connectivity index (χ0v) is 7.37. The number of carboxylic acid groups (broad SMARTS) is 1. The maximum atomic E-state index is 12.5. The number of carboxylic acids is 1. The monoisotopic (exact) mass is 212 g/mol. The average Bonchev–Trinajstić information content (AvgIpc) is 2.56. The van der Waals surface area contributed by atoms with Crippen LogP contribution < -0.4 is 0 Å². The zero-order valence-electron chi connectivity index (χ0n) is 7.37. The molecule has 0 radical (unpaired) electrons. The fourth-order valence-electron chi connectivity index (χ4n) is 1.46. The van der Waals surface area contributed by atoms with Crippen LogP contribution in [0.1, 0.15) is 22.5 Å². The summed E-state index contributed by atoms with van der Waals surface area (Å²) >= 11 is 0. The van der Waals surface area contributed by atoms with E-state index in [4.69, 9.17) is 5.11 Å². The molecule has 0 amide bonds. The Bertz CT molecular complexity index is 522. The Kier molecular flexibility index (Phi) is 2.11. The molecule has 6 heteroatoms. The number of aromatic nitrogens is 2. The van der Waals surface area contributed by atoms with Crippen LogP contribution in [0.2, 0.25) is 0 Å². The number of aromatic amines is 1. The molecule has 0 saturated heterocycles.